The lowest BCUT2D eigenvalue weighted by Crippen LogP contribution is -2.36. The van der Waals surface area contributed by atoms with Crippen molar-refractivity contribution in [3.05, 3.63) is 35.1 Å². The van der Waals surface area contributed by atoms with Gasteiger partial charge in [0.15, 0.2) is 0 Å². The third-order valence-electron chi connectivity index (χ3n) is 4.28. The van der Waals surface area contributed by atoms with Crippen LogP contribution in [0.5, 0.6) is 0 Å². The van der Waals surface area contributed by atoms with Crippen molar-refractivity contribution in [3.63, 3.8) is 0 Å². The van der Waals surface area contributed by atoms with Crippen LogP contribution in [0.2, 0.25) is 0 Å². The van der Waals surface area contributed by atoms with E-state index in [1.807, 2.05) is 20.8 Å². The van der Waals surface area contributed by atoms with Crippen molar-refractivity contribution in [3.8, 4) is 0 Å². The van der Waals surface area contributed by atoms with E-state index >= 15 is 0 Å². The summed E-state index contributed by atoms with van der Waals surface area (Å²) < 4.78 is 18.9. The number of hydrogen-bond donors (Lipinski definition) is 1. The molecule has 2 aliphatic rings. The second kappa shape index (κ2) is 5.51. The number of carbonyl (C=O) groups is 2. The van der Waals surface area contributed by atoms with E-state index in [1.165, 1.54) is 12.1 Å². The zero-order valence-corrected chi connectivity index (χ0v) is 13.6. The molecule has 1 saturated heterocycles. The van der Waals surface area contributed by atoms with Gasteiger partial charge in [-0.2, -0.15) is 0 Å². The number of carbonyl (C=O) groups excluding carboxylic acids is 2. The van der Waals surface area contributed by atoms with Crippen LogP contribution in [0.25, 0.3) is 0 Å². The molecule has 1 fully saturated rings. The average Bonchev–Trinajstić information content (AvgIpc) is 2.82. The van der Waals surface area contributed by atoms with Crippen LogP contribution in [0.4, 0.5) is 9.18 Å². The molecule has 2 unspecified atom stereocenters. The van der Waals surface area contributed by atoms with Gasteiger partial charge in [0.2, 0.25) is 0 Å². The maximum Gasteiger partial charge on any atom is 0.410 e. The van der Waals surface area contributed by atoms with Crippen molar-refractivity contribution in [2.75, 3.05) is 19.6 Å². The van der Waals surface area contributed by atoms with Crippen molar-refractivity contribution in [1.82, 2.24) is 10.2 Å². The maximum atomic E-state index is 13.5. The van der Waals surface area contributed by atoms with Crippen molar-refractivity contribution in [1.29, 1.82) is 0 Å². The standard InChI is InChI=1S/C17H21FN2O3/c1-17(2,3)23-16(22)20-8-10-7-19-15(21)13-6-11(18)4-5-12(13)14(10)9-20/h4-6,10,14H,7-9H2,1-3H3,(H,19,21). The number of hydrogen-bond acceptors (Lipinski definition) is 3. The summed E-state index contributed by atoms with van der Waals surface area (Å²) in [7, 11) is 0. The highest BCUT2D eigenvalue weighted by molar-refractivity contribution is 5.96. The van der Waals surface area contributed by atoms with Crippen LogP contribution in [0.1, 0.15) is 42.6 Å². The first-order valence-electron chi connectivity index (χ1n) is 7.80. The number of fused-ring (bicyclic) bond motifs is 3. The molecular weight excluding hydrogens is 299 g/mol. The zero-order valence-electron chi connectivity index (χ0n) is 13.6. The second-order valence-corrected chi connectivity index (χ2v) is 7.19. The minimum Gasteiger partial charge on any atom is -0.444 e. The first kappa shape index (κ1) is 15.8. The van der Waals surface area contributed by atoms with Crippen molar-refractivity contribution >= 4 is 12.0 Å². The van der Waals surface area contributed by atoms with Gasteiger partial charge in [0, 0.05) is 37.0 Å². The van der Waals surface area contributed by atoms with Crippen LogP contribution in [0, 0.1) is 11.7 Å². The smallest absolute Gasteiger partial charge is 0.410 e. The van der Waals surface area contributed by atoms with Gasteiger partial charge in [-0.3, -0.25) is 4.79 Å². The van der Waals surface area contributed by atoms with Crippen molar-refractivity contribution < 1.29 is 18.7 Å². The molecule has 1 N–H and O–H groups in total. The Morgan fingerprint density at radius 2 is 2.09 bits per heavy atom. The van der Waals surface area contributed by atoms with E-state index in [0.29, 0.717) is 25.2 Å². The highest BCUT2D eigenvalue weighted by Gasteiger charge is 2.41. The number of ether oxygens (including phenoxy) is 1. The first-order valence-corrected chi connectivity index (χ1v) is 7.80. The van der Waals surface area contributed by atoms with Crippen molar-refractivity contribution in [2.45, 2.75) is 32.3 Å². The Hall–Kier alpha value is -2.11. The molecule has 2 heterocycles. The van der Waals surface area contributed by atoms with E-state index in [1.54, 1.807) is 11.0 Å². The van der Waals surface area contributed by atoms with Gasteiger partial charge in [-0.25, -0.2) is 9.18 Å². The summed E-state index contributed by atoms with van der Waals surface area (Å²) in [5, 5.41) is 2.82. The van der Waals surface area contributed by atoms with Crippen LogP contribution in [0.3, 0.4) is 0 Å². The summed E-state index contributed by atoms with van der Waals surface area (Å²) in [5.74, 6) is -0.563. The molecule has 0 spiro atoms. The lowest BCUT2D eigenvalue weighted by Gasteiger charge is -2.24. The Kier molecular flexibility index (Phi) is 3.78. The molecule has 124 valence electrons. The third kappa shape index (κ3) is 3.16. The summed E-state index contributed by atoms with van der Waals surface area (Å²) in [6, 6.07) is 4.29. The number of rotatable bonds is 0. The molecule has 5 nitrogen and oxygen atoms in total. The Labute approximate surface area is 134 Å². The van der Waals surface area contributed by atoms with Gasteiger partial charge in [0.05, 0.1) is 0 Å². The summed E-state index contributed by atoms with van der Waals surface area (Å²) >= 11 is 0. The lowest BCUT2D eigenvalue weighted by molar-refractivity contribution is 0.0287. The number of nitrogens with one attached hydrogen (secondary N) is 1. The van der Waals surface area contributed by atoms with Gasteiger partial charge in [-0.1, -0.05) is 6.07 Å². The highest BCUT2D eigenvalue weighted by atomic mass is 19.1. The van der Waals surface area contributed by atoms with Crippen LogP contribution >= 0.6 is 0 Å². The molecule has 0 bridgehead atoms. The topological polar surface area (TPSA) is 58.6 Å². The first-order chi connectivity index (χ1) is 10.7. The fraction of sp³-hybridized carbons (Fsp3) is 0.529. The molecule has 6 heteroatoms. The summed E-state index contributed by atoms with van der Waals surface area (Å²) in [5.41, 5.74) is 0.623. The molecule has 2 atom stereocenters. The van der Waals surface area contributed by atoms with E-state index in [9.17, 15) is 14.0 Å². The summed E-state index contributed by atoms with van der Waals surface area (Å²) in [6.45, 7) is 6.97. The van der Waals surface area contributed by atoms with Crippen LogP contribution in [-0.2, 0) is 4.74 Å². The highest BCUT2D eigenvalue weighted by Crippen LogP contribution is 2.36. The quantitative estimate of drug-likeness (QED) is 0.799. The van der Waals surface area contributed by atoms with E-state index in [2.05, 4.69) is 5.32 Å². The minimum absolute atomic E-state index is 0.0112. The number of likely N-dealkylation sites (tertiary alicyclic amines) is 1. The van der Waals surface area contributed by atoms with Gasteiger partial charge in [0.1, 0.15) is 11.4 Å². The Balaban J connectivity index is 1.86. The van der Waals surface area contributed by atoms with Gasteiger partial charge < -0.3 is 15.0 Å². The second-order valence-electron chi connectivity index (χ2n) is 7.19. The number of benzene rings is 1. The minimum atomic E-state index is -0.545. The zero-order chi connectivity index (χ0) is 16.8. The monoisotopic (exact) mass is 320 g/mol. The van der Waals surface area contributed by atoms with Crippen LogP contribution in [-0.4, -0.2) is 42.1 Å². The normalized spacial score (nSPS) is 23.7. The average molecular weight is 320 g/mol. The maximum absolute atomic E-state index is 13.5. The fourth-order valence-corrected chi connectivity index (χ4v) is 3.27. The Morgan fingerprint density at radius 3 is 2.78 bits per heavy atom. The molecule has 2 aliphatic heterocycles. The molecule has 0 radical (unpaired) electrons. The van der Waals surface area contributed by atoms with E-state index in [4.69, 9.17) is 4.74 Å². The molecule has 0 saturated carbocycles. The number of nitrogens with zero attached hydrogens (tertiary/aromatic N) is 1. The SMILES string of the molecule is CC(C)(C)OC(=O)N1CC2CNC(=O)c3cc(F)ccc3C2C1. The predicted molar refractivity (Wildman–Crippen MR) is 82.8 cm³/mol. The number of halogens is 1. The molecule has 3 rings (SSSR count). The molecule has 1 aromatic rings. The Bertz CT molecular complexity index is 654. The van der Waals surface area contributed by atoms with Gasteiger partial charge in [-0.05, 0) is 38.5 Å². The molecule has 23 heavy (non-hydrogen) atoms. The molecule has 2 amide bonds. The van der Waals surface area contributed by atoms with Gasteiger partial charge >= 0.3 is 6.09 Å². The molecular formula is C17H21FN2O3. The van der Waals surface area contributed by atoms with E-state index in [-0.39, 0.29) is 23.8 Å². The summed E-state index contributed by atoms with van der Waals surface area (Å²) in [4.78, 5) is 26.1. The van der Waals surface area contributed by atoms with Gasteiger partial charge in [0.25, 0.3) is 5.91 Å². The van der Waals surface area contributed by atoms with Crippen LogP contribution < -0.4 is 5.32 Å². The van der Waals surface area contributed by atoms with E-state index < -0.39 is 11.4 Å². The van der Waals surface area contributed by atoms with Gasteiger partial charge in [-0.15, -0.1) is 0 Å². The Morgan fingerprint density at radius 1 is 1.35 bits per heavy atom. The molecule has 0 aromatic heterocycles. The third-order valence-corrected chi connectivity index (χ3v) is 4.28. The fourth-order valence-electron chi connectivity index (χ4n) is 3.27. The molecule has 0 aliphatic carbocycles. The van der Waals surface area contributed by atoms with Crippen molar-refractivity contribution in [2.24, 2.45) is 5.92 Å². The largest absolute Gasteiger partial charge is 0.444 e. The summed E-state index contributed by atoms with van der Waals surface area (Å²) in [6.07, 6.45) is -0.347. The number of amides is 2. The molecule has 1 aromatic carbocycles. The van der Waals surface area contributed by atoms with Crippen LogP contribution in [0.15, 0.2) is 18.2 Å². The van der Waals surface area contributed by atoms with E-state index in [0.717, 1.165) is 5.56 Å². The lowest BCUT2D eigenvalue weighted by atomic mass is 9.87. The predicted octanol–water partition coefficient (Wildman–Crippen LogP) is 2.52.